The summed E-state index contributed by atoms with van der Waals surface area (Å²) in [5.74, 6) is -0.200. The second kappa shape index (κ2) is 36.6. The van der Waals surface area contributed by atoms with E-state index in [2.05, 4.69) is 31.3 Å². The number of allylic oxidation sites excluding steroid dienone is 3. The largest absolute Gasteiger partial charge is 0.472 e. The number of amides is 1. The van der Waals surface area contributed by atoms with Crippen molar-refractivity contribution in [2.75, 3.05) is 40.9 Å². The van der Waals surface area contributed by atoms with E-state index >= 15 is 0 Å². The van der Waals surface area contributed by atoms with Crippen LogP contribution >= 0.6 is 7.82 Å². The molecule has 0 saturated heterocycles. The van der Waals surface area contributed by atoms with Crippen LogP contribution in [-0.4, -0.2) is 73.4 Å². The van der Waals surface area contributed by atoms with Crippen molar-refractivity contribution in [3.05, 3.63) is 24.3 Å². The molecule has 8 nitrogen and oxygen atoms in total. The molecule has 0 bridgehead atoms. The van der Waals surface area contributed by atoms with Crippen molar-refractivity contribution in [3.63, 3.8) is 0 Å². The molecule has 3 atom stereocenters. The van der Waals surface area contributed by atoms with Crippen LogP contribution in [0, 0.1) is 0 Å². The van der Waals surface area contributed by atoms with E-state index in [1.165, 1.54) is 128 Å². The van der Waals surface area contributed by atoms with Crippen LogP contribution in [0.5, 0.6) is 0 Å². The van der Waals surface area contributed by atoms with Crippen molar-refractivity contribution in [1.82, 2.24) is 5.32 Å². The van der Waals surface area contributed by atoms with Crippen molar-refractivity contribution in [1.29, 1.82) is 0 Å². The van der Waals surface area contributed by atoms with Crippen molar-refractivity contribution < 1.29 is 32.9 Å². The average Bonchev–Trinajstić information content (AvgIpc) is 3.10. The van der Waals surface area contributed by atoms with Gasteiger partial charge in [0, 0.05) is 6.42 Å². The maximum absolute atomic E-state index is 12.6. The van der Waals surface area contributed by atoms with Gasteiger partial charge in [-0.25, -0.2) is 4.57 Å². The first-order valence-corrected chi connectivity index (χ1v) is 23.7. The molecule has 0 fully saturated rings. The zero-order chi connectivity index (χ0) is 39.3. The fourth-order valence-electron chi connectivity index (χ4n) is 6.35. The number of hydrogen-bond acceptors (Lipinski definition) is 5. The highest BCUT2D eigenvalue weighted by atomic mass is 31.2. The Morgan fingerprint density at radius 1 is 0.623 bits per heavy atom. The fourth-order valence-corrected chi connectivity index (χ4v) is 7.09. The van der Waals surface area contributed by atoms with E-state index in [9.17, 15) is 19.4 Å². The van der Waals surface area contributed by atoms with Gasteiger partial charge in [0.25, 0.3) is 0 Å². The number of rotatable bonds is 40. The molecule has 9 heteroatoms. The summed E-state index contributed by atoms with van der Waals surface area (Å²) in [6.07, 6.45) is 43.1. The van der Waals surface area contributed by atoms with Gasteiger partial charge in [-0.15, -0.1) is 0 Å². The second-order valence-electron chi connectivity index (χ2n) is 16.4. The zero-order valence-electron chi connectivity index (χ0n) is 35.5. The van der Waals surface area contributed by atoms with Crippen molar-refractivity contribution in [2.45, 2.75) is 212 Å². The summed E-state index contributed by atoms with van der Waals surface area (Å²) in [6.45, 7) is 4.70. The maximum Gasteiger partial charge on any atom is 0.472 e. The molecule has 0 aliphatic carbocycles. The molecule has 0 aliphatic heterocycles. The number of aliphatic hydroxyl groups is 1. The van der Waals surface area contributed by atoms with Gasteiger partial charge in [-0.1, -0.05) is 186 Å². The van der Waals surface area contributed by atoms with Crippen molar-refractivity contribution >= 4 is 13.7 Å². The maximum atomic E-state index is 12.6. The Morgan fingerprint density at radius 2 is 1.04 bits per heavy atom. The molecule has 0 heterocycles. The number of phosphoric acid groups is 1. The topological polar surface area (TPSA) is 105 Å². The first-order valence-electron chi connectivity index (χ1n) is 22.2. The molecule has 0 spiro atoms. The summed E-state index contributed by atoms with van der Waals surface area (Å²) in [7, 11) is 1.55. The van der Waals surface area contributed by atoms with Crippen LogP contribution in [0.4, 0.5) is 0 Å². The Labute approximate surface area is 328 Å². The van der Waals surface area contributed by atoms with E-state index in [1.54, 1.807) is 6.08 Å². The number of carbonyl (C=O) groups excluding carboxylic acids is 1. The number of hydrogen-bond donors (Lipinski definition) is 3. The highest BCUT2D eigenvalue weighted by Gasteiger charge is 2.27. The van der Waals surface area contributed by atoms with E-state index in [1.807, 2.05) is 27.2 Å². The third-order valence-electron chi connectivity index (χ3n) is 9.92. The molecule has 0 aromatic rings. The lowest BCUT2D eigenvalue weighted by Gasteiger charge is -2.25. The average molecular weight is 772 g/mol. The molecular formula is C44H88N2O6P+. The highest BCUT2D eigenvalue weighted by Crippen LogP contribution is 2.43. The van der Waals surface area contributed by atoms with E-state index < -0.39 is 20.0 Å². The second-order valence-corrected chi connectivity index (χ2v) is 17.9. The van der Waals surface area contributed by atoms with Crippen LogP contribution < -0.4 is 5.32 Å². The fraction of sp³-hybridized carbons (Fsp3) is 0.886. The number of quaternary nitrogens is 1. The molecule has 314 valence electrons. The van der Waals surface area contributed by atoms with Crippen LogP contribution in [0.3, 0.4) is 0 Å². The van der Waals surface area contributed by atoms with Gasteiger partial charge in [0.2, 0.25) is 5.91 Å². The van der Waals surface area contributed by atoms with Crippen LogP contribution in [0.2, 0.25) is 0 Å². The number of unbranched alkanes of at least 4 members (excludes halogenated alkanes) is 25. The summed E-state index contributed by atoms with van der Waals surface area (Å²) >= 11 is 0. The molecule has 53 heavy (non-hydrogen) atoms. The lowest BCUT2D eigenvalue weighted by Crippen LogP contribution is -2.45. The molecule has 0 aromatic carbocycles. The summed E-state index contributed by atoms with van der Waals surface area (Å²) in [5, 5.41) is 13.7. The summed E-state index contributed by atoms with van der Waals surface area (Å²) in [5.41, 5.74) is 0. The predicted molar refractivity (Wildman–Crippen MR) is 226 cm³/mol. The normalized spacial score (nSPS) is 14.6. The molecule has 3 N–H and O–H groups in total. The Hall–Kier alpha value is -1.02. The van der Waals surface area contributed by atoms with Crippen molar-refractivity contribution in [2.24, 2.45) is 0 Å². The molecule has 0 aromatic heterocycles. The van der Waals surface area contributed by atoms with Crippen LogP contribution in [-0.2, 0) is 18.4 Å². The molecule has 0 rings (SSSR count). The lowest BCUT2D eigenvalue weighted by molar-refractivity contribution is -0.870. The highest BCUT2D eigenvalue weighted by molar-refractivity contribution is 7.47. The first kappa shape index (κ1) is 52.0. The molecule has 3 unspecified atom stereocenters. The summed E-state index contributed by atoms with van der Waals surface area (Å²) in [6, 6.07) is -0.855. The zero-order valence-corrected chi connectivity index (χ0v) is 36.4. The summed E-state index contributed by atoms with van der Waals surface area (Å²) < 4.78 is 23.4. The number of aliphatic hydroxyl groups excluding tert-OH is 1. The third-order valence-corrected chi connectivity index (χ3v) is 10.9. The van der Waals surface area contributed by atoms with Gasteiger partial charge >= 0.3 is 7.82 Å². The van der Waals surface area contributed by atoms with E-state index in [0.717, 1.165) is 51.4 Å². The Bertz CT molecular complexity index is 922. The minimum atomic E-state index is -4.33. The third kappa shape index (κ3) is 39.0. The lowest BCUT2D eigenvalue weighted by atomic mass is 10.0. The first-order chi connectivity index (χ1) is 25.5. The Kier molecular flexibility index (Phi) is 35.9. The van der Waals surface area contributed by atoms with Crippen LogP contribution in [0.15, 0.2) is 24.3 Å². The minimum absolute atomic E-state index is 0.0572. The Balaban J connectivity index is 4.10. The molecule has 1 amide bonds. The van der Waals surface area contributed by atoms with Gasteiger partial charge in [0.05, 0.1) is 39.9 Å². The van der Waals surface area contributed by atoms with Crippen LogP contribution in [0.25, 0.3) is 0 Å². The SMILES string of the molecule is CCCCCCCCCCCCCCCCCCCCCC/C=C/CC/C=C/C(O)C(COP(=O)(O)OCC[N+](C)(C)C)NC(=O)CCCCCCC. The van der Waals surface area contributed by atoms with Crippen molar-refractivity contribution in [3.8, 4) is 0 Å². The number of carbonyl (C=O) groups is 1. The van der Waals surface area contributed by atoms with Gasteiger partial charge in [-0.2, -0.15) is 0 Å². The van der Waals surface area contributed by atoms with E-state index in [-0.39, 0.29) is 19.1 Å². The molecular weight excluding hydrogens is 683 g/mol. The number of nitrogens with one attached hydrogen (secondary N) is 1. The standard InChI is InChI=1S/C44H87N2O6P/c1-6-8-10-12-13-14-15-16-17-18-19-20-21-22-23-24-25-26-27-28-29-30-31-32-34-35-37-43(47)42(45-44(48)38-36-33-11-9-7-2)41-52-53(49,50)51-40-39-46(3,4)5/h30-31,35,37,42-43,47H,6-29,32-34,36,38-41H2,1-5H3,(H-,45,48,49,50)/p+1/b31-30+,37-35+. The van der Waals surface area contributed by atoms with Gasteiger partial charge in [-0.3, -0.25) is 13.8 Å². The summed E-state index contributed by atoms with van der Waals surface area (Å²) in [4.78, 5) is 22.8. The van der Waals surface area contributed by atoms with Gasteiger partial charge in [0.1, 0.15) is 13.2 Å². The number of nitrogens with zero attached hydrogens (tertiary/aromatic N) is 1. The molecule has 0 aliphatic rings. The van der Waals surface area contributed by atoms with E-state index in [0.29, 0.717) is 17.4 Å². The quantitative estimate of drug-likeness (QED) is 0.0248. The smallest absolute Gasteiger partial charge is 0.387 e. The number of likely N-dealkylation sites (N-methyl/N-ethyl adjacent to an activating group) is 1. The van der Waals surface area contributed by atoms with Gasteiger partial charge in [-0.05, 0) is 32.1 Å². The van der Waals surface area contributed by atoms with Gasteiger partial charge in [0.15, 0.2) is 0 Å². The number of phosphoric ester groups is 1. The monoisotopic (exact) mass is 772 g/mol. The molecule has 0 saturated carbocycles. The van der Waals surface area contributed by atoms with E-state index in [4.69, 9.17) is 9.05 Å². The predicted octanol–water partition coefficient (Wildman–Crippen LogP) is 12.1. The van der Waals surface area contributed by atoms with Crippen LogP contribution in [0.1, 0.15) is 200 Å². The molecule has 0 radical (unpaired) electrons. The minimum Gasteiger partial charge on any atom is -0.387 e. The van der Waals surface area contributed by atoms with Gasteiger partial charge < -0.3 is 19.8 Å². The Morgan fingerprint density at radius 3 is 1.51 bits per heavy atom.